The number of ether oxygens (including phenoxy) is 1. The number of alkyl halides is 1. The summed E-state index contributed by atoms with van der Waals surface area (Å²) in [6.45, 7) is 0.740. The Morgan fingerprint density at radius 1 is 1.41 bits per heavy atom. The van der Waals surface area contributed by atoms with Crippen molar-refractivity contribution in [2.24, 2.45) is 0 Å². The van der Waals surface area contributed by atoms with Crippen molar-refractivity contribution in [3.8, 4) is 5.75 Å². The van der Waals surface area contributed by atoms with E-state index in [2.05, 4.69) is 16.3 Å². The molecule has 1 atom stereocenters. The second-order valence-corrected chi connectivity index (χ2v) is 4.35. The van der Waals surface area contributed by atoms with Crippen LogP contribution in [0.3, 0.4) is 0 Å². The summed E-state index contributed by atoms with van der Waals surface area (Å²) in [4.78, 5) is 0. The molecule has 0 radical (unpaired) electrons. The summed E-state index contributed by atoms with van der Waals surface area (Å²) < 4.78 is 7.81. The number of para-hydroxylation sites is 1. The zero-order chi connectivity index (χ0) is 11.7. The molecule has 1 aromatic carbocycles. The van der Waals surface area contributed by atoms with Crippen LogP contribution in [0.2, 0.25) is 0 Å². The average Bonchev–Trinajstić information content (AvgIpc) is 2.94. The van der Waals surface area contributed by atoms with Crippen LogP contribution < -0.4 is 4.74 Å². The molecule has 0 saturated carbocycles. The molecule has 88 valence electrons. The van der Waals surface area contributed by atoms with Crippen LogP contribution in [0.5, 0.6) is 5.75 Å². The van der Waals surface area contributed by atoms with E-state index in [9.17, 15) is 0 Å². The Bertz CT molecular complexity index is 501. The van der Waals surface area contributed by atoms with E-state index < -0.39 is 0 Å². The smallest absolute Gasteiger partial charge is 0.147 e. The molecule has 0 fully saturated rings. The minimum atomic E-state index is 0.144. The van der Waals surface area contributed by atoms with Gasteiger partial charge < -0.3 is 9.30 Å². The summed E-state index contributed by atoms with van der Waals surface area (Å²) in [5.41, 5.74) is 1.26. The molecule has 5 heteroatoms. The molecule has 0 spiro atoms. The summed E-state index contributed by atoms with van der Waals surface area (Å²) in [5, 5.41) is 7.81. The number of aromatic nitrogens is 3. The van der Waals surface area contributed by atoms with Crippen LogP contribution in [0.1, 0.15) is 11.4 Å². The van der Waals surface area contributed by atoms with Gasteiger partial charge in [0.05, 0.1) is 12.4 Å². The lowest BCUT2D eigenvalue weighted by molar-refractivity contribution is 0.208. The molecule has 1 aromatic heterocycles. The van der Waals surface area contributed by atoms with Crippen molar-refractivity contribution in [1.29, 1.82) is 0 Å². The molecule has 1 aliphatic rings. The van der Waals surface area contributed by atoms with Gasteiger partial charge in [0.15, 0.2) is 0 Å². The van der Waals surface area contributed by atoms with Gasteiger partial charge in [0.2, 0.25) is 0 Å². The lowest BCUT2D eigenvalue weighted by Gasteiger charge is -2.12. The molecule has 2 aromatic rings. The van der Waals surface area contributed by atoms with Gasteiger partial charge in [0.25, 0.3) is 0 Å². The van der Waals surface area contributed by atoms with E-state index in [-0.39, 0.29) is 6.10 Å². The highest BCUT2D eigenvalue weighted by molar-refractivity contribution is 6.16. The average molecular weight is 250 g/mol. The Hall–Kier alpha value is -1.55. The Kier molecular flexibility index (Phi) is 2.73. The third-order valence-electron chi connectivity index (χ3n) is 2.93. The van der Waals surface area contributed by atoms with Gasteiger partial charge in [0, 0.05) is 6.42 Å². The molecule has 2 heterocycles. The van der Waals surface area contributed by atoms with Crippen LogP contribution in [0.25, 0.3) is 0 Å². The third-order valence-corrected chi connectivity index (χ3v) is 3.17. The fourth-order valence-electron chi connectivity index (χ4n) is 2.11. The molecule has 17 heavy (non-hydrogen) atoms. The van der Waals surface area contributed by atoms with Crippen molar-refractivity contribution >= 4 is 11.6 Å². The van der Waals surface area contributed by atoms with Crippen LogP contribution in [0, 0.1) is 0 Å². The van der Waals surface area contributed by atoms with E-state index in [1.54, 1.807) is 6.33 Å². The van der Waals surface area contributed by atoms with Crippen LogP contribution in [-0.2, 0) is 18.8 Å². The summed E-state index contributed by atoms with van der Waals surface area (Å²) in [7, 11) is 0. The number of halogens is 1. The van der Waals surface area contributed by atoms with Gasteiger partial charge >= 0.3 is 0 Å². The highest BCUT2D eigenvalue weighted by atomic mass is 35.5. The lowest BCUT2D eigenvalue weighted by atomic mass is 10.1. The van der Waals surface area contributed by atoms with Gasteiger partial charge in [-0.3, -0.25) is 0 Å². The highest BCUT2D eigenvalue weighted by Crippen LogP contribution is 2.28. The Labute approximate surface area is 104 Å². The summed E-state index contributed by atoms with van der Waals surface area (Å²) in [6, 6.07) is 8.13. The molecule has 4 nitrogen and oxygen atoms in total. The molecule has 0 bridgehead atoms. The maximum absolute atomic E-state index is 5.86. The summed E-state index contributed by atoms with van der Waals surface area (Å²) >= 11 is 5.78. The molecule has 1 aliphatic heterocycles. The number of rotatable bonds is 3. The van der Waals surface area contributed by atoms with Crippen molar-refractivity contribution in [1.82, 2.24) is 14.8 Å². The Morgan fingerprint density at radius 3 is 3.12 bits per heavy atom. The Balaban J connectivity index is 1.74. The van der Waals surface area contributed by atoms with Crippen molar-refractivity contribution in [3.05, 3.63) is 42.0 Å². The number of nitrogens with zero attached hydrogens (tertiary/aromatic N) is 3. The monoisotopic (exact) mass is 249 g/mol. The van der Waals surface area contributed by atoms with E-state index in [1.807, 2.05) is 22.8 Å². The number of fused-ring (bicyclic) bond motifs is 1. The van der Waals surface area contributed by atoms with E-state index in [0.29, 0.717) is 5.88 Å². The third kappa shape index (κ3) is 2.00. The first-order valence-electron chi connectivity index (χ1n) is 5.54. The molecular weight excluding hydrogens is 238 g/mol. The van der Waals surface area contributed by atoms with E-state index in [4.69, 9.17) is 16.3 Å². The van der Waals surface area contributed by atoms with E-state index in [1.165, 1.54) is 5.56 Å². The molecular formula is C12H12ClN3O. The van der Waals surface area contributed by atoms with Gasteiger partial charge in [-0.1, -0.05) is 18.2 Å². The van der Waals surface area contributed by atoms with Crippen LogP contribution in [-0.4, -0.2) is 20.9 Å². The summed E-state index contributed by atoms with van der Waals surface area (Å²) in [6.07, 6.45) is 2.77. The van der Waals surface area contributed by atoms with Crippen LogP contribution in [0.4, 0.5) is 0 Å². The maximum atomic E-state index is 5.86. The molecule has 0 amide bonds. The van der Waals surface area contributed by atoms with Crippen molar-refractivity contribution in [3.63, 3.8) is 0 Å². The number of benzene rings is 1. The molecule has 0 saturated heterocycles. The first-order valence-corrected chi connectivity index (χ1v) is 6.07. The fourth-order valence-corrected chi connectivity index (χ4v) is 2.32. The number of hydrogen-bond donors (Lipinski definition) is 0. The predicted octanol–water partition coefficient (Wildman–Crippen LogP) is 2.02. The SMILES string of the molecule is ClCc1nncn1CC1Cc2ccccc2O1. The van der Waals surface area contributed by atoms with Gasteiger partial charge in [0.1, 0.15) is 24.0 Å². The minimum Gasteiger partial charge on any atom is -0.488 e. The van der Waals surface area contributed by atoms with Gasteiger partial charge in [-0.25, -0.2) is 0 Å². The molecule has 0 N–H and O–H groups in total. The first-order chi connectivity index (χ1) is 8.36. The second-order valence-electron chi connectivity index (χ2n) is 4.08. The fraction of sp³-hybridized carbons (Fsp3) is 0.333. The molecule has 3 rings (SSSR count). The first kappa shape index (κ1) is 10.6. The van der Waals surface area contributed by atoms with Crippen molar-refractivity contribution in [2.75, 3.05) is 0 Å². The second kappa shape index (κ2) is 4.37. The maximum Gasteiger partial charge on any atom is 0.147 e. The van der Waals surface area contributed by atoms with E-state index in [0.717, 1.165) is 24.5 Å². The Morgan fingerprint density at radius 2 is 2.29 bits per heavy atom. The van der Waals surface area contributed by atoms with Crippen LogP contribution in [0.15, 0.2) is 30.6 Å². The lowest BCUT2D eigenvalue weighted by Crippen LogP contribution is -2.21. The van der Waals surface area contributed by atoms with Crippen LogP contribution >= 0.6 is 11.6 Å². The van der Waals surface area contributed by atoms with Gasteiger partial charge in [-0.15, -0.1) is 21.8 Å². The van der Waals surface area contributed by atoms with Crippen molar-refractivity contribution in [2.45, 2.75) is 24.9 Å². The van der Waals surface area contributed by atoms with E-state index >= 15 is 0 Å². The standard InChI is InChI=1S/C12H12ClN3O/c13-6-12-15-14-8-16(12)7-10-5-9-3-1-2-4-11(9)17-10/h1-4,8,10H,5-7H2. The van der Waals surface area contributed by atoms with Gasteiger partial charge in [-0.2, -0.15) is 0 Å². The highest BCUT2D eigenvalue weighted by Gasteiger charge is 2.23. The molecule has 0 aliphatic carbocycles. The topological polar surface area (TPSA) is 39.9 Å². The zero-order valence-electron chi connectivity index (χ0n) is 9.21. The quantitative estimate of drug-likeness (QED) is 0.782. The summed E-state index contributed by atoms with van der Waals surface area (Å²) in [5.74, 6) is 2.14. The van der Waals surface area contributed by atoms with Gasteiger partial charge in [-0.05, 0) is 11.6 Å². The normalized spacial score (nSPS) is 17.8. The zero-order valence-corrected chi connectivity index (χ0v) is 9.97. The minimum absolute atomic E-state index is 0.144. The number of hydrogen-bond acceptors (Lipinski definition) is 3. The largest absolute Gasteiger partial charge is 0.488 e. The molecule has 1 unspecified atom stereocenters. The van der Waals surface area contributed by atoms with Crippen molar-refractivity contribution < 1.29 is 4.74 Å². The predicted molar refractivity (Wildman–Crippen MR) is 64.1 cm³/mol.